The number of hydrogen-bond donors (Lipinski definition) is 1. The molecule has 0 aliphatic carbocycles. The maximum Gasteiger partial charge on any atom is 0.225 e. The van der Waals surface area contributed by atoms with Gasteiger partial charge in [-0.05, 0) is 42.7 Å². The number of hydrogen-bond acceptors (Lipinski definition) is 3. The Hall–Kier alpha value is -2.62. The number of para-hydroxylation sites is 1. The van der Waals surface area contributed by atoms with Gasteiger partial charge in [0.05, 0.1) is 12.0 Å². The first-order valence-electron chi connectivity index (χ1n) is 7.67. The lowest BCUT2D eigenvalue weighted by Gasteiger charge is -2.25. The molecule has 1 aliphatic rings. The number of rotatable bonds is 3. The van der Waals surface area contributed by atoms with Crippen LogP contribution in [0.2, 0.25) is 0 Å². The second kappa shape index (κ2) is 6.24. The molecule has 118 valence electrons. The summed E-state index contributed by atoms with van der Waals surface area (Å²) in [6.45, 7) is 4.15. The lowest BCUT2D eigenvalue weighted by molar-refractivity contribution is -0.121. The number of carbonyl (C=O) groups excluding carboxylic acids is 2. The molecule has 1 amide bonds. The summed E-state index contributed by atoms with van der Waals surface area (Å²) >= 11 is 0. The number of fused-ring (bicyclic) bond motifs is 1. The zero-order valence-corrected chi connectivity index (χ0v) is 13.3. The van der Waals surface area contributed by atoms with Gasteiger partial charge in [-0.1, -0.05) is 30.3 Å². The van der Waals surface area contributed by atoms with Gasteiger partial charge in [-0.25, -0.2) is 0 Å². The third kappa shape index (κ3) is 3.11. The fourth-order valence-electron chi connectivity index (χ4n) is 2.87. The summed E-state index contributed by atoms with van der Waals surface area (Å²) in [6, 6.07) is 12.4. The molecule has 0 spiro atoms. The standard InChI is InChI=1S/C19H19NO3/c1-12-6-5-7-13(2)15(12)10-18(21)20-16-11-23-17-9-4-3-8-14(17)19(16)22/h3-9,16H,10-11H2,1-2H3,(H,20,21). The lowest BCUT2D eigenvalue weighted by Crippen LogP contribution is -2.47. The fraction of sp³-hybridized carbons (Fsp3) is 0.263. The Labute approximate surface area is 135 Å². The van der Waals surface area contributed by atoms with E-state index < -0.39 is 6.04 Å². The molecule has 2 aromatic carbocycles. The Morgan fingerprint density at radius 2 is 1.83 bits per heavy atom. The van der Waals surface area contributed by atoms with E-state index in [-0.39, 0.29) is 24.7 Å². The van der Waals surface area contributed by atoms with E-state index in [1.807, 2.05) is 38.1 Å². The number of amides is 1. The molecule has 2 aromatic rings. The summed E-state index contributed by atoms with van der Waals surface area (Å²) in [6.07, 6.45) is 0.268. The van der Waals surface area contributed by atoms with Crippen LogP contribution in [-0.2, 0) is 11.2 Å². The molecular formula is C19H19NO3. The van der Waals surface area contributed by atoms with Gasteiger partial charge in [0.2, 0.25) is 5.91 Å². The van der Waals surface area contributed by atoms with Crippen LogP contribution in [0.1, 0.15) is 27.0 Å². The highest BCUT2D eigenvalue weighted by Gasteiger charge is 2.29. The molecule has 0 fully saturated rings. The van der Waals surface area contributed by atoms with E-state index in [9.17, 15) is 9.59 Å². The first-order chi connectivity index (χ1) is 11.1. The molecule has 1 atom stereocenters. The van der Waals surface area contributed by atoms with Crippen molar-refractivity contribution in [1.82, 2.24) is 5.32 Å². The molecule has 4 heteroatoms. The van der Waals surface area contributed by atoms with Gasteiger partial charge in [0.1, 0.15) is 18.4 Å². The van der Waals surface area contributed by atoms with Crippen LogP contribution < -0.4 is 10.1 Å². The topological polar surface area (TPSA) is 55.4 Å². The van der Waals surface area contributed by atoms with Gasteiger partial charge in [0, 0.05) is 0 Å². The van der Waals surface area contributed by atoms with Crippen LogP contribution in [0.15, 0.2) is 42.5 Å². The smallest absolute Gasteiger partial charge is 0.225 e. The van der Waals surface area contributed by atoms with Crippen molar-refractivity contribution >= 4 is 11.7 Å². The van der Waals surface area contributed by atoms with Gasteiger partial charge in [-0.2, -0.15) is 0 Å². The SMILES string of the molecule is Cc1cccc(C)c1CC(=O)NC1COc2ccccc2C1=O. The molecule has 1 heterocycles. The quantitative estimate of drug-likeness (QED) is 0.948. The van der Waals surface area contributed by atoms with Crippen LogP contribution in [0.3, 0.4) is 0 Å². The van der Waals surface area contributed by atoms with Crippen LogP contribution in [0.5, 0.6) is 5.75 Å². The predicted octanol–water partition coefficient (Wildman–Crippen LogP) is 2.61. The van der Waals surface area contributed by atoms with Crippen molar-refractivity contribution in [2.75, 3.05) is 6.61 Å². The van der Waals surface area contributed by atoms with E-state index in [4.69, 9.17) is 4.74 Å². The third-order valence-electron chi connectivity index (χ3n) is 4.19. The van der Waals surface area contributed by atoms with Crippen molar-refractivity contribution in [3.63, 3.8) is 0 Å². The van der Waals surface area contributed by atoms with Crippen molar-refractivity contribution < 1.29 is 14.3 Å². The van der Waals surface area contributed by atoms with Gasteiger partial charge in [0.25, 0.3) is 0 Å². The minimum Gasteiger partial charge on any atom is -0.490 e. The molecule has 4 nitrogen and oxygen atoms in total. The van der Waals surface area contributed by atoms with Crippen molar-refractivity contribution in [3.8, 4) is 5.75 Å². The zero-order chi connectivity index (χ0) is 16.4. The number of nitrogens with one attached hydrogen (secondary N) is 1. The number of ketones is 1. The van der Waals surface area contributed by atoms with E-state index in [0.29, 0.717) is 11.3 Å². The zero-order valence-electron chi connectivity index (χ0n) is 13.3. The summed E-state index contributed by atoms with van der Waals surface area (Å²) < 4.78 is 5.57. The van der Waals surface area contributed by atoms with Gasteiger partial charge in [-0.3, -0.25) is 9.59 Å². The number of carbonyl (C=O) groups is 2. The molecule has 1 N–H and O–H groups in total. The molecule has 1 aliphatic heterocycles. The van der Waals surface area contributed by atoms with Crippen molar-refractivity contribution in [2.45, 2.75) is 26.3 Å². The first-order valence-corrected chi connectivity index (χ1v) is 7.67. The van der Waals surface area contributed by atoms with Crippen LogP contribution >= 0.6 is 0 Å². The highest BCUT2D eigenvalue weighted by atomic mass is 16.5. The van der Waals surface area contributed by atoms with Crippen LogP contribution in [0.4, 0.5) is 0 Å². The minimum atomic E-state index is -0.623. The van der Waals surface area contributed by atoms with Crippen LogP contribution in [0, 0.1) is 13.8 Å². The minimum absolute atomic E-state index is 0.0956. The molecule has 0 saturated heterocycles. The largest absolute Gasteiger partial charge is 0.490 e. The van der Waals surface area contributed by atoms with E-state index in [1.165, 1.54) is 0 Å². The number of Topliss-reactive ketones (excluding diaryl/α,β-unsaturated/α-hetero) is 1. The maximum atomic E-state index is 12.4. The number of ether oxygens (including phenoxy) is 1. The lowest BCUT2D eigenvalue weighted by atomic mass is 9.98. The highest BCUT2D eigenvalue weighted by molar-refractivity contribution is 6.05. The van der Waals surface area contributed by atoms with E-state index in [1.54, 1.807) is 18.2 Å². The normalized spacial score (nSPS) is 16.4. The fourth-order valence-corrected chi connectivity index (χ4v) is 2.87. The molecular weight excluding hydrogens is 290 g/mol. The van der Waals surface area contributed by atoms with Crippen molar-refractivity contribution in [1.29, 1.82) is 0 Å². The van der Waals surface area contributed by atoms with Gasteiger partial charge >= 0.3 is 0 Å². The average Bonchev–Trinajstić information content (AvgIpc) is 2.54. The summed E-state index contributed by atoms with van der Waals surface area (Å²) in [5.41, 5.74) is 3.69. The Morgan fingerprint density at radius 1 is 1.13 bits per heavy atom. The molecule has 0 aromatic heterocycles. The van der Waals surface area contributed by atoms with Crippen LogP contribution in [-0.4, -0.2) is 24.3 Å². The third-order valence-corrected chi connectivity index (χ3v) is 4.19. The van der Waals surface area contributed by atoms with E-state index >= 15 is 0 Å². The average molecular weight is 309 g/mol. The molecule has 0 radical (unpaired) electrons. The van der Waals surface area contributed by atoms with Gasteiger partial charge in [0.15, 0.2) is 5.78 Å². The second-order valence-electron chi connectivity index (χ2n) is 5.84. The number of aryl methyl sites for hydroxylation is 2. The predicted molar refractivity (Wildman–Crippen MR) is 87.8 cm³/mol. The Morgan fingerprint density at radius 3 is 2.57 bits per heavy atom. The first kappa shape index (κ1) is 15.3. The maximum absolute atomic E-state index is 12.4. The molecule has 0 bridgehead atoms. The van der Waals surface area contributed by atoms with Gasteiger partial charge < -0.3 is 10.1 Å². The summed E-state index contributed by atoms with van der Waals surface area (Å²) in [5.74, 6) is 0.322. The van der Waals surface area contributed by atoms with E-state index in [2.05, 4.69) is 5.32 Å². The molecule has 1 unspecified atom stereocenters. The molecule has 0 saturated carbocycles. The van der Waals surface area contributed by atoms with Crippen molar-refractivity contribution in [2.24, 2.45) is 0 Å². The molecule has 23 heavy (non-hydrogen) atoms. The van der Waals surface area contributed by atoms with E-state index in [0.717, 1.165) is 16.7 Å². The summed E-state index contributed by atoms with van der Waals surface area (Å²) in [4.78, 5) is 24.8. The highest BCUT2D eigenvalue weighted by Crippen LogP contribution is 2.24. The van der Waals surface area contributed by atoms with Gasteiger partial charge in [-0.15, -0.1) is 0 Å². The number of benzene rings is 2. The summed E-state index contributed by atoms with van der Waals surface area (Å²) in [7, 11) is 0. The second-order valence-corrected chi connectivity index (χ2v) is 5.84. The monoisotopic (exact) mass is 309 g/mol. The molecule has 3 rings (SSSR count). The Balaban J connectivity index is 1.71. The Bertz CT molecular complexity index is 747. The summed E-state index contributed by atoms with van der Waals surface area (Å²) in [5, 5.41) is 2.80. The van der Waals surface area contributed by atoms with Crippen LogP contribution in [0.25, 0.3) is 0 Å². The Kier molecular flexibility index (Phi) is 4.15. The van der Waals surface area contributed by atoms with Crippen molar-refractivity contribution in [3.05, 3.63) is 64.7 Å².